The van der Waals surface area contributed by atoms with Crippen molar-refractivity contribution in [3.05, 3.63) is 41.1 Å². The molecular weight excluding hydrogens is 214 g/mol. The number of allylic oxidation sites excluding steroid dienone is 1. The number of carbonyl (C=O) groups is 1. The van der Waals surface area contributed by atoms with Crippen molar-refractivity contribution in [1.82, 2.24) is 4.90 Å². The fourth-order valence-corrected chi connectivity index (χ4v) is 2.12. The Bertz CT molecular complexity index is 475. The summed E-state index contributed by atoms with van der Waals surface area (Å²) in [7, 11) is 5.51. The number of carbonyl (C=O) groups excluding carboxylic acids is 1. The van der Waals surface area contributed by atoms with Crippen LogP contribution in [0.3, 0.4) is 0 Å². The second kappa shape index (κ2) is 4.62. The first-order valence-corrected chi connectivity index (χ1v) is 5.70. The average molecular weight is 231 g/mol. The molecule has 0 bridgehead atoms. The molecule has 0 aliphatic heterocycles. The molecule has 1 aromatic carbocycles. The van der Waals surface area contributed by atoms with E-state index in [2.05, 4.69) is 0 Å². The van der Waals surface area contributed by atoms with Crippen LogP contribution < -0.4 is 4.74 Å². The average Bonchev–Trinajstić information content (AvgIpc) is 2.32. The number of ketones is 1. The number of Topliss-reactive ketones (excluding diaryl/α,β-unsaturated/α-hetero) is 1. The van der Waals surface area contributed by atoms with Crippen LogP contribution in [0.15, 0.2) is 30.0 Å². The fraction of sp³-hybridized carbons (Fsp3) is 0.357. The van der Waals surface area contributed by atoms with Crippen LogP contribution in [0.5, 0.6) is 5.75 Å². The van der Waals surface area contributed by atoms with Gasteiger partial charge in [-0.15, -0.1) is 0 Å². The number of hydrogen-bond acceptors (Lipinski definition) is 3. The van der Waals surface area contributed by atoms with Crippen LogP contribution in [0.4, 0.5) is 0 Å². The van der Waals surface area contributed by atoms with Crippen LogP contribution in [-0.4, -0.2) is 31.9 Å². The molecule has 0 saturated heterocycles. The van der Waals surface area contributed by atoms with Gasteiger partial charge in [0.1, 0.15) is 5.75 Å². The largest absolute Gasteiger partial charge is 0.497 e. The van der Waals surface area contributed by atoms with Crippen molar-refractivity contribution in [2.75, 3.05) is 21.2 Å². The molecule has 0 aromatic heterocycles. The molecule has 17 heavy (non-hydrogen) atoms. The maximum atomic E-state index is 12.2. The summed E-state index contributed by atoms with van der Waals surface area (Å²) in [6.45, 7) is 0. The molecular formula is C14H17NO2. The summed E-state index contributed by atoms with van der Waals surface area (Å²) >= 11 is 0. The van der Waals surface area contributed by atoms with Crippen molar-refractivity contribution in [2.45, 2.75) is 12.8 Å². The second-order valence-electron chi connectivity index (χ2n) is 4.47. The van der Waals surface area contributed by atoms with E-state index in [9.17, 15) is 4.79 Å². The monoisotopic (exact) mass is 231 g/mol. The Morgan fingerprint density at radius 2 is 2.06 bits per heavy atom. The van der Waals surface area contributed by atoms with Crippen molar-refractivity contribution in [3.8, 4) is 5.75 Å². The highest BCUT2D eigenvalue weighted by Crippen LogP contribution is 2.28. The molecule has 90 valence electrons. The lowest BCUT2D eigenvalue weighted by molar-refractivity contribution is 0.102. The molecule has 0 radical (unpaired) electrons. The van der Waals surface area contributed by atoms with Gasteiger partial charge >= 0.3 is 0 Å². The standard InChI is InChI=1S/C14H17NO2/c1-15(2)9-11-5-4-10-8-12(17-3)6-7-13(10)14(11)16/h6-9H,4-5H2,1-3H3/b11-9-. The maximum Gasteiger partial charge on any atom is 0.190 e. The maximum absolute atomic E-state index is 12.2. The van der Waals surface area contributed by atoms with Crippen molar-refractivity contribution >= 4 is 5.78 Å². The predicted molar refractivity (Wildman–Crippen MR) is 67.4 cm³/mol. The van der Waals surface area contributed by atoms with Gasteiger partial charge in [0.2, 0.25) is 0 Å². The third kappa shape index (κ3) is 2.33. The number of methoxy groups -OCH3 is 1. The van der Waals surface area contributed by atoms with Crippen LogP contribution in [-0.2, 0) is 6.42 Å². The molecule has 0 heterocycles. The first kappa shape index (κ1) is 11.7. The number of hydrogen-bond donors (Lipinski definition) is 0. The van der Waals surface area contributed by atoms with Gasteiger partial charge in [0.25, 0.3) is 0 Å². The highest BCUT2D eigenvalue weighted by molar-refractivity contribution is 6.10. The van der Waals surface area contributed by atoms with Gasteiger partial charge < -0.3 is 9.64 Å². The van der Waals surface area contributed by atoms with E-state index in [1.807, 2.05) is 43.4 Å². The van der Waals surface area contributed by atoms with E-state index in [1.54, 1.807) is 7.11 Å². The number of nitrogens with zero attached hydrogens (tertiary/aromatic N) is 1. The number of ether oxygens (including phenoxy) is 1. The SMILES string of the molecule is COc1ccc2c(c1)CC/C(=C/N(C)C)C2=O. The topological polar surface area (TPSA) is 29.5 Å². The Kier molecular flexibility index (Phi) is 3.18. The normalized spacial score (nSPS) is 16.9. The summed E-state index contributed by atoms with van der Waals surface area (Å²) in [5.41, 5.74) is 2.78. The first-order valence-electron chi connectivity index (χ1n) is 5.70. The Labute approximate surface area is 102 Å². The van der Waals surface area contributed by atoms with Crippen LogP contribution in [0.1, 0.15) is 22.3 Å². The molecule has 2 rings (SSSR count). The molecule has 3 nitrogen and oxygen atoms in total. The fourth-order valence-electron chi connectivity index (χ4n) is 2.12. The van der Waals surface area contributed by atoms with Crippen molar-refractivity contribution in [2.24, 2.45) is 0 Å². The van der Waals surface area contributed by atoms with Gasteiger partial charge in [-0.3, -0.25) is 4.79 Å². The van der Waals surface area contributed by atoms with Gasteiger partial charge in [0.15, 0.2) is 5.78 Å². The molecule has 0 spiro atoms. The lowest BCUT2D eigenvalue weighted by atomic mass is 9.87. The Hall–Kier alpha value is -1.77. The highest BCUT2D eigenvalue weighted by Gasteiger charge is 2.22. The van der Waals surface area contributed by atoms with Gasteiger partial charge in [-0.25, -0.2) is 0 Å². The van der Waals surface area contributed by atoms with E-state index in [0.717, 1.165) is 35.3 Å². The Morgan fingerprint density at radius 1 is 1.29 bits per heavy atom. The third-order valence-corrected chi connectivity index (χ3v) is 2.93. The zero-order valence-corrected chi connectivity index (χ0v) is 10.5. The molecule has 1 aromatic rings. The molecule has 0 atom stereocenters. The lowest BCUT2D eigenvalue weighted by Gasteiger charge is -2.19. The van der Waals surface area contributed by atoms with E-state index in [4.69, 9.17) is 4.74 Å². The molecule has 1 aliphatic rings. The first-order chi connectivity index (χ1) is 8.11. The van der Waals surface area contributed by atoms with Crippen LogP contribution >= 0.6 is 0 Å². The second-order valence-corrected chi connectivity index (χ2v) is 4.47. The van der Waals surface area contributed by atoms with E-state index in [0.29, 0.717) is 0 Å². The minimum Gasteiger partial charge on any atom is -0.497 e. The Balaban J connectivity index is 2.37. The number of benzene rings is 1. The van der Waals surface area contributed by atoms with Crippen LogP contribution in [0.2, 0.25) is 0 Å². The van der Waals surface area contributed by atoms with Crippen LogP contribution in [0.25, 0.3) is 0 Å². The van der Waals surface area contributed by atoms with Gasteiger partial charge in [-0.05, 0) is 36.6 Å². The molecule has 1 aliphatic carbocycles. The van der Waals surface area contributed by atoms with Gasteiger partial charge in [-0.1, -0.05) is 0 Å². The van der Waals surface area contributed by atoms with Gasteiger partial charge in [0, 0.05) is 31.4 Å². The molecule has 3 heteroatoms. The minimum absolute atomic E-state index is 0.141. The molecule has 0 fully saturated rings. The number of fused-ring (bicyclic) bond motifs is 1. The van der Waals surface area contributed by atoms with Crippen LogP contribution in [0, 0.1) is 0 Å². The molecule has 0 unspecified atom stereocenters. The zero-order chi connectivity index (χ0) is 12.4. The number of aryl methyl sites for hydroxylation is 1. The number of rotatable bonds is 2. The quantitative estimate of drug-likeness (QED) is 0.731. The molecule has 0 saturated carbocycles. The smallest absolute Gasteiger partial charge is 0.190 e. The van der Waals surface area contributed by atoms with Gasteiger partial charge in [-0.2, -0.15) is 0 Å². The van der Waals surface area contributed by atoms with Gasteiger partial charge in [0.05, 0.1) is 7.11 Å². The summed E-state index contributed by atoms with van der Waals surface area (Å²) < 4.78 is 5.17. The summed E-state index contributed by atoms with van der Waals surface area (Å²) in [6.07, 6.45) is 3.62. The van der Waals surface area contributed by atoms with E-state index >= 15 is 0 Å². The summed E-state index contributed by atoms with van der Waals surface area (Å²) in [4.78, 5) is 14.1. The van der Waals surface area contributed by atoms with Crippen molar-refractivity contribution in [1.29, 1.82) is 0 Å². The zero-order valence-electron chi connectivity index (χ0n) is 10.5. The highest BCUT2D eigenvalue weighted by atomic mass is 16.5. The minimum atomic E-state index is 0.141. The lowest BCUT2D eigenvalue weighted by Crippen LogP contribution is -2.17. The summed E-state index contributed by atoms with van der Waals surface area (Å²) in [5, 5.41) is 0. The predicted octanol–water partition coefficient (Wildman–Crippen LogP) is 2.27. The Morgan fingerprint density at radius 3 is 2.71 bits per heavy atom. The summed E-state index contributed by atoms with van der Waals surface area (Å²) in [5.74, 6) is 0.958. The molecule has 0 amide bonds. The van der Waals surface area contributed by atoms with E-state index < -0.39 is 0 Å². The summed E-state index contributed by atoms with van der Waals surface area (Å²) in [6, 6.07) is 5.66. The van der Waals surface area contributed by atoms with Crippen molar-refractivity contribution in [3.63, 3.8) is 0 Å². The third-order valence-electron chi connectivity index (χ3n) is 2.93. The van der Waals surface area contributed by atoms with E-state index in [1.165, 1.54) is 0 Å². The van der Waals surface area contributed by atoms with Crippen molar-refractivity contribution < 1.29 is 9.53 Å². The van der Waals surface area contributed by atoms with E-state index in [-0.39, 0.29) is 5.78 Å². The molecule has 0 N–H and O–H groups in total.